The molecule has 0 aliphatic heterocycles. The van der Waals surface area contributed by atoms with Crippen LogP contribution in [0.3, 0.4) is 0 Å². The number of benzene rings is 1. The van der Waals surface area contributed by atoms with Gasteiger partial charge in [0.15, 0.2) is 11.2 Å². The van der Waals surface area contributed by atoms with Gasteiger partial charge in [-0.05, 0) is 6.92 Å². The van der Waals surface area contributed by atoms with Crippen LogP contribution in [0.1, 0.15) is 5.56 Å². The minimum atomic E-state index is -0.480. The summed E-state index contributed by atoms with van der Waals surface area (Å²) in [6.07, 6.45) is 0. The summed E-state index contributed by atoms with van der Waals surface area (Å²) < 4.78 is 7.60. The van der Waals surface area contributed by atoms with E-state index in [0.29, 0.717) is 5.69 Å². The van der Waals surface area contributed by atoms with Crippen LogP contribution in [-0.2, 0) is 14.1 Å². The SMILES string of the molecule is COc1nc2c(nc1-c1ccc(C)cc1)c(=O)n(C)c(=O)n2C. The molecule has 0 spiro atoms. The molecule has 118 valence electrons. The molecule has 3 rings (SSSR count). The third-order valence-corrected chi connectivity index (χ3v) is 3.76. The summed E-state index contributed by atoms with van der Waals surface area (Å²) in [4.78, 5) is 33.1. The van der Waals surface area contributed by atoms with Gasteiger partial charge in [-0.15, -0.1) is 0 Å². The average molecular weight is 312 g/mol. The van der Waals surface area contributed by atoms with Gasteiger partial charge < -0.3 is 4.74 Å². The third-order valence-electron chi connectivity index (χ3n) is 3.76. The smallest absolute Gasteiger partial charge is 0.332 e. The predicted octanol–water partition coefficient (Wildman–Crippen LogP) is 1.01. The zero-order chi connectivity index (χ0) is 16.7. The van der Waals surface area contributed by atoms with Crippen LogP contribution in [-0.4, -0.2) is 26.2 Å². The molecule has 0 saturated carbocycles. The second-order valence-electron chi connectivity index (χ2n) is 5.33. The number of nitrogens with zero attached hydrogens (tertiary/aromatic N) is 4. The topological polar surface area (TPSA) is 79.0 Å². The fourth-order valence-corrected chi connectivity index (χ4v) is 2.39. The number of hydrogen-bond acceptors (Lipinski definition) is 5. The van der Waals surface area contributed by atoms with Crippen molar-refractivity contribution in [3.8, 4) is 17.1 Å². The van der Waals surface area contributed by atoms with Crippen molar-refractivity contribution in [2.75, 3.05) is 7.11 Å². The molecule has 0 saturated heterocycles. The number of ether oxygens (including phenoxy) is 1. The highest BCUT2D eigenvalue weighted by atomic mass is 16.5. The summed E-state index contributed by atoms with van der Waals surface area (Å²) in [6, 6.07) is 7.67. The molecule has 0 atom stereocenters. The highest BCUT2D eigenvalue weighted by Gasteiger charge is 2.17. The third kappa shape index (κ3) is 2.30. The Bertz CT molecular complexity index is 1020. The molecule has 1 aromatic carbocycles. The fourth-order valence-electron chi connectivity index (χ4n) is 2.39. The Morgan fingerprint density at radius 1 is 1.00 bits per heavy atom. The molecule has 3 aromatic rings. The molecule has 0 aliphatic carbocycles. The summed E-state index contributed by atoms with van der Waals surface area (Å²) in [6.45, 7) is 1.98. The van der Waals surface area contributed by atoms with Crippen LogP contribution < -0.4 is 16.0 Å². The van der Waals surface area contributed by atoms with Gasteiger partial charge in [0.1, 0.15) is 5.69 Å². The van der Waals surface area contributed by atoms with E-state index < -0.39 is 11.2 Å². The standard InChI is InChI=1S/C16H16N4O3/c1-9-5-7-10(8-6-9)11-14(23-4)18-13-12(17-11)15(21)20(3)16(22)19(13)2/h5-8H,1-4H3. The molecular formula is C16H16N4O3. The fraction of sp³-hybridized carbons (Fsp3) is 0.250. The Morgan fingerprint density at radius 2 is 1.65 bits per heavy atom. The monoisotopic (exact) mass is 312 g/mol. The Kier molecular flexibility index (Phi) is 3.48. The van der Waals surface area contributed by atoms with Crippen molar-refractivity contribution in [3.63, 3.8) is 0 Å². The number of aromatic nitrogens is 4. The molecule has 0 unspecified atom stereocenters. The van der Waals surface area contributed by atoms with Crippen LogP contribution in [0, 0.1) is 6.92 Å². The molecule has 0 N–H and O–H groups in total. The molecule has 7 heteroatoms. The van der Waals surface area contributed by atoms with Gasteiger partial charge in [0.25, 0.3) is 5.56 Å². The molecule has 0 fully saturated rings. The summed E-state index contributed by atoms with van der Waals surface area (Å²) in [5.41, 5.74) is 1.76. The first-order valence-electron chi connectivity index (χ1n) is 7.03. The van der Waals surface area contributed by atoms with E-state index in [0.717, 1.165) is 15.7 Å². The van der Waals surface area contributed by atoms with Crippen LogP contribution in [0.25, 0.3) is 22.4 Å². The van der Waals surface area contributed by atoms with Crippen LogP contribution in [0.4, 0.5) is 0 Å². The van der Waals surface area contributed by atoms with Gasteiger partial charge >= 0.3 is 5.69 Å². The number of hydrogen-bond donors (Lipinski definition) is 0. The van der Waals surface area contributed by atoms with Crippen LogP contribution in [0.15, 0.2) is 33.9 Å². The summed E-state index contributed by atoms with van der Waals surface area (Å²) in [5.74, 6) is 0.268. The minimum absolute atomic E-state index is 0.131. The molecule has 0 bridgehead atoms. The summed E-state index contributed by atoms with van der Waals surface area (Å²) in [7, 11) is 4.44. The van der Waals surface area contributed by atoms with Crippen molar-refractivity contribution >= 4 is 11.2 Å². The van der Waals surface area contributed by atoms with Crippen molar-refractivity contribution < 1.29 is 4.74 Å². The highest BCUT2D eigenvalue weighted by Crippen LogP contribution is 2.27. The first kappa shape index (κ1) is 15.0. The number of fused-ring (bicyclic) bond motifs is 1. The van der Waals surface area contributed by atoms with Crippen LogP contribution in [0.5, 0.6) is 5.88 Å². The quantitative estimate of drug-likeness (QED) is 0.705. The van der Waals surface area contributed by atoms with Crippen LogP contribution >= 0.6 is 0 Å². The lowest BCUT2D eigenvalue weighted by molar-refractivity contribution is 0.399. The molecule has 0 amide bonds. The highest BCUT2D eigenvalue weighted by molar-refractivity contribution is 5.76. The molecule has 0 aliphatic rings. The van der Waals surface area contributed by atoms with Gasteiger partial charge in [-0.2, -0.15) is 4.98 Å². The Hall–Kier alpha value is -2.96. The van der Waals surface area contributed by atoms with E-state index in [2.05, 4.69) is 9.97 Å². The lowest BCUT2D eigenvalue weighted by Gasteiger charge is -2.11. The largest absolute Gasteiger partial charge is 0.479 e. The normalized spacial score (nSPS) is 11.0. The maximum absolute atomic E-state index is 12.3. The van der Waals surface area contributed by atoms with Gasteiger partial charge in [0, 0.05) is 19.7 Å². The Morgan fingerprint density at radius 3 is 2.26 bits per heavy atom. The van der Waals surface area contributed by atoms with E-state index in [9.17, 15) is 9.59 Å². The molecule has 7 nitrogen and oxygen atoms in total. The van der Waals surface area contributed by atoms with Crippen molar-refractivity contribution in [1.29, 1.82) is 0 Å². The second-order valence-corrected chi connectivity index (χ2v) is 5.33. The molecular weight excluding hydrogens is 296 g/mol. The number of methoxy groups -OCH3 is 1. The average Bonchev–Trinajstić information content (AvgIpc) is 2.57. The van der Waals surface area contributed by atoms with Crippen molar-refractivity contribution in [3.05, 3.63) is 50.7 Å². The van der Waals surface area contributed by atoms with Gasteiger partial charge in [-0.25, -0.2) is 9.78 Å². The van der Waals surface area contributed by atoms with E-state index in [1.807, 2.05) is 31.2 Å². The van der Waals surface area contributed by atoms with Crippen molar-refractivity contribution in [1.82, 2.24) is 19.1 Å². The second kappa shape index (κ2) is 5.35. The molecule has 2 heterocycles. The lowest BCUT2D eigenvalue weighted by atomic mass is 10.1. The van der Waals surface area contributed by atoms with E-state index in [4.69, 9.17) is 4.74 Å². The van der Waals surface area contributed by atoms with Crippen LogP contribution in [0.2, 0.25) is 0 Å². The van der Waals surface area contributed by atoms with E-state index in [1.54, 1.807) is 7.05 Å². The zero-order valence-corrected chi connectivity index (χ0v) is 13.3. The van der Waals surface area contributed by atoms with Gasteiger partial charge in [0.05, 0.1) is 7.11 Å². The van der Waals surface area contributed by atoms with Gasteiger partial charge in [0.2, 0.25) is 5.88 Å². The summed E-state index contributed by atoms with van der Waals surface area (Å²) in [5, 5.41) is 0. The van der Waals surface area contributed by atoms with E-state index in [-0.39, 0.29) is 17.0 Å². The maximum atomic E-state index is 12.3. The van der Waals surface area contributed by atoms with Crippen molar-refractivity contribution in [2.45, 2.75) is 6.92 Å². The first-order chi connectivity index (χ1) is 10.9. The molecule has 0 radical (unpaired) electrons. The summed E-state index contributed by atoms with van der Waals surface area (Å²) >= 11 is 0. The molecule has 2 aromatic heterocycles. The lowest BCUT2D eigenvalue weighted by Crippen LogP contribution is -2.37. The van der Waals surface area contributed by atoms with E-state index >= 15 is 0 Å². The predicted molar refractivity (Wildman–Crippen MR) is 86.7 cm³/mol. The van der Waals surface area contributed by atoms with E-state index in [1.165, 1.54) is 18.7 Å². The maximum Gasteiger partial charge on any atom is 0.332 e. The van der Waals surface area contributed by atoms with Crippen molar-refractivity contribution in [2.24, 2.45) is 14.1 Å². The number of rotatable bonds is 2. The minimum Gasteiger partial charge on any atom is -0.479 e. The first-order valence-corrected chi connectivity index (χ1v) is 7.03. The van der Waals surface area contributed by atoms with Gasteiger partial charge in [-0.1, -0.05) is 29.8 Å². The Labute approximate surface area is 131 Å². The zero-order valence-electron chi connectivity index (χ0n) is 13.3. The van der Waals surface area contributed by atoms with Gasteiger partial charge in [-0.3, -0.25) is 13.9 Å². The number of aryl methyl sites for hydroxylation is 2. The molecule has 23 heavy (non-hydrogen) atoms. The Balaban J connectivity index is 2.42.